The molecule has 0 fully saturated rings. The minimum atomic E-state index is -0.592. The number of carbonyl (C=O) groups is 2. The van der Waals surface area contributed by atoms with E-state index in [0.29, 0.717) is 28.6 Å². The lowest BCUT2D eigenvalue weighted by atomic mass is 10.1. The molecule has 0 aliphatic rings. The van der Waals surface area contributed by atoms with Crippen molar-refractivity contribution in [3.05, 3.63) is 117 Å². The topological polar surface area (TPSA) is 102 Å². The molecule has 0 radical (unpaired) electrons. The van der Waals surface area contributed by atoms with Crippen LogP contribution >= 0.6 is 11.6 Å². The van der Waals surface area contributed by atoms with E-state index in [1.807, 2.05) is 30.3 Å². The van der Waals surface area contributed by atoms with Crippen molar-refractivity contribution in [1.82, 2.24) is 20.6 Å². The van der Waals surface area contributed by atoms with Crippen LogP contribution in [-0.2, 0) is 17.9 Å². The molecule has 1 aromatic heterocycles. The number of nitrogens with zero attached hydrogens (tertiary/aromatic N) is 2. The van der Waals surface area contributed by atoms with Gasteiger partial charge in [0.25, 0.3) is 17.4 Å². The Morgan fingerprint density at radius 3 is 2.29 bits per heavy atom. The monoisotopic (exact) mass is 488 g/mol. The van der Waals surface area contributed by atoms with Gasteiger partial charge in [-0.25, -0.2) is 4.68 Å². The van der Waals surface area contributed by atoms with Crippen molar-refractivity contribution in [1.29, 1.82) is 0 Å². The third-order valence-electron chi connectivity index (χ3n) is 4.98. The van der Waals surface area contributed by atoms with Crippen molar-refractivity contribution in [2.24, 2.45) is 0 Å². The molecule has 0 saturated carbocycles. The third kappa shape index (κ3) is 6.55. The summed E-state index contributed by atoms with van der Waals surface area (Å²) in [7, 11) is 0. The number of benzene rings is 3. The van der Waals surface area contributed by atoms with Gasteiger partial charge in [0, 0.05) is 22.2 Å². The Morgan fingerprint density at radius 2 is 1.57 bits per heavy atom. The minimum absolute atomic E-state index is 0.323. The molecule has 1 heterocycles. The molecule has 2 N–H and O–H groups in total. The zero-order valence-corrected chi connectivity index (χ0v) is 19.2. The highest BCUT2D eigenvalue weighted by molar-refractivity contribution is 6.30. The van der Waals surface area contributed by atoms with Gasteiger partial charge in [0.05, 0.1) is 5.69 Å². The van der Waals surface area contributed by atoms with Gasteiger partial charge < -0.3 is 4.74 Å². The lowest BCUT2D eigenvalue weighted by Gasteiger charge is -2.10. The SMILES string of the molecule is O=C(Cn1nc(-c2ccccc2)ccc1=O)NNC(=O)c1ccc(COc2ccc(Cl)cc2)cc1. The van der Waals surface area contributed by atoms with E-state index >= 15 is 0 Å². The summed E-state index contributed by atoms with van der Waals surface area (Å²) in [5.74, 6) is -0.408. The van der Waals surface area contributed by atoms with Crippen molar-refractivity contribution < 1.29 is 14.3 Å². The number of rotatable bonds is 7. The van der Waals surface area contributed by atoms with E-state index in [9.17, 15) is 14.4 Å². The Morgan fingerprint density at radius 1 is 0.857 bits per heavy atom. The Kier molecular flexibility index (Phi) is 7.54. The number of amides is 2. The molecule has 0 aliphatic carbocycles. The van der Waals surface area contributed by atoms with Crippen molar-refractivity contribution in [2.75, 3.05) is 0 Å². The van der Waals surface area contributed by atoms with Crippen LogP contribution in [0.15, 0.2) is 95.8 Å². The van der Waals surface area contributed by atoms with Crippen LogP contribution in [0.5, 0.6) is 5.75 Å². The molecule has 0 spiro atoms. The van der Waals surface area contributed by atoms with E-state index in [4.69, 9.17) is 16.3 Å². The number of halogens is 1. The average Bonchev–Trinajstić information content (AvgIpc) is 2.89. The van der Waals surface area contributed by atoms with Gasteiger partial charge in [-0.05, 0) is 48.0 Å². The van der Waals surface area contributed by atoms with E-state index in [1.54, 1.807) is 54.6 Å². The summed E-state index contributed by atoms with van der Waals surface area (Å²) in [5, 5.41) is 4.86. The maximum Gasteiger partial charge on any atom is 0.269 e. The van der Waals surface area contributed by atoms with Gasteiger partial charge in [-0.3, -0.25) is 25.2 Å². The molecular formula is C26H21ClN4O4. The van der Waals surface area contributed by atoms with Crippen LogP contribution < -0.4 is 21.1 Å². The molecular weight excluding hydrogens is 468 g/mol. The largest absolute Gasteiger partial charge is 0.489 e. The summed E-state index contributed by atoms with van der Waals surface area (Å²) >= 11 is 5.86. The van der Waals surface area contributed by atoms with Crippen LogP contribution in [-0.4, -0.2) is 21.6 Å². The van der Waals surface area contributed by atoms with Gasteiger partial charge in [0.2, 0.25) is 0 Å². The predicted molar refractivity (Wildman–Crippen MR) is 132 cm³/mol. The number of aromatic nitrogens is 2. The molecule has 3 aromatic carbocycles. The predicted octanol–water partition coefficient (Wildman–Crippen LogP) is 3.60. The number of nitrogens with one attached hydrogen (secondary N) is 2. The summed E-state index contributed by atoms with van der Waals surface area (Å²) in [5.41, 5.74) is 6.81. The van der Waals surface area contributed by atoms with Crippen LogP contribution in [0.25, 0.3) is 11.3 Å². The smallest absolute Gasteiger partial charge is 0.269 e. The van der Waals surface area contributed by atoms with Crippen molar-refractivity contribution >= 4 is 23.4 Å². The normalized spacial score (nSPS) is 10.4. The Hall–Kier alpha value is -4.43. The second-order valence-electron chi connectivity index (χ2n) is 7.52. The molecule has 176 valence electrons. The summed E-state index contributed by atoms with van der Waals surface area (Å²) in [4.78, 5) is 36.8. The molecule has 4 rings (SSSR count). The molecule has 4 aromatic rings. The minimum Gasteiger partial charge on any atom is -0.489 e. The van der Waals surface area contributed by atoms with E-state index in [1.165, 1.54) is 6.07 Å². The van der Waals surface area contributed by atoms with E-state index in [-0.39, 0.29) is 6.54 Å². The quantitative estimate of drug-likeness (QED) is 0.387. The Labute approximate surface area is 206 Å². The van der Waals surface area contributed by atoms with Gasteiger partial charge in [-0.15, -0.1) is 0 Å². The van der Waals surface area contributed by atoms with Crippen molar-refractivity contribution in [3.8, 4) is 17.0 Å². The first-order chi connectivity index (χ1) is 17.0. The van der Waals surface area contributed by atoms with Crippen LogP contribution in [0.2, 0.25) is 5.02 Å². The molecule has 0 saturated heterocycles. The van der Waals surface area contributed by atoms with Gasteiger partial charge in [0.1, 0.15) is 18.9 Å². The highest BCUT2D eigenvalue weighted by atomic mass is 35.5. The second-order valence-corrected chi connectivity index (χ2v) is 7.96. The van der Waals surface area contributed by atoms with Gasteiger partial charge in [-0.1, -0.05) is 54.1 Å². The second kappa shape index (κ2) is 11.1. The first-order valence-corrected chi connectivity index (χ1v) is 11.1. The number of hydrazine groups is 1. The number of carbonyl (C=O) groups excluding carboxylic acids is 2. The van der Waals surface area contributed by atoms with Gasteiger partial charge >= 0.3 is 0 Å². The van der Waals surface area contributed by atoms with Crippen molar-refractivity contribution in [3.63, 3.8) is 0 Å². The summed E-state index contributed by atoms with van der Waals surface area (Å²) in [6.07, 6.45) is 0. The van der Waals surface area contributed by atoms with Crippen LogP contribution in [0, 0.1) is 0 Å². The third-order valence-corrected chi connectivity index (χ3v) is 5.23. The van der Waals surface area contributed by atoms with Gasteiger partial charge in [-0.2, -0.15) is 5.10 Å². The molecule has 2 amide bonds. The highest BCUT2D eigenvalue weighted by Crippen LogP contribution is 2.17. The lowest BCUT2D eigenvalue weighted by Crippen LogP contribution is -2.44. The zero-order valence-electron chi connectivity index (χ0n) is 18.5. The highest BCUT2D eigenvalue weighted by Gasteiger charge is 2.11. The fourth-order valence-electron chi connectivity index (χ4n) is 3.15. The van der Waals surface area contributed by atoms with E-state index in [0.717, 1.165) is 15.8 Å². The van der Waals surface area contributed by atoms with Gasteiger partial charge in [0.15, 0.2) is 0 Å². The number of hydrogen-bond donors (Lipinski definition) is 2. The summed E-state index contributed by atoms with van der Waals surface area (Å²) in [6, 6.07) is 26.0. The Balaban J connectivity index is 1.29. The molecule has 0 bridgehead atoms. The maximum absolute atomic E-state index is 12.4. The van der Waals surface area contributed by atoms with E-state index < -0.39 is 17.4 Å². The maximum atomic E-state index is 12.4. The molecule has 35 heavy (non-hydrogen) atoms. The molecule has 8 nitrogen and oxygen atoms in total. The molecule has 0 aliphatic heterocycles. The Bertz CT molecular complexity index is 1370. The van der Waals surface area contributed by atoms with Crippen LogP contribution in [0.4, 0.5) is 0 Å². The van der Waals surface area contributed by atoms with E-state index in [2.05, 4.69) is 16.0 Å². The standard InChI is InChI=1S/C26H21ClN4O4/c27-21-10-12-22(13-11-21)35-17-18-6-8-20(9-7-18)26(34)29-28-24(32)16-31-25(33)15-14-23(30-31)19-4-2-1-3-5-19/h1-15H,16-17H2,(H,28,32)(H,29,34). The summed E-state index contributed by atoms with van der Waals surface area (Å²) in [6.45, 7) is -0.0230. The fraction of sp³-hybridized carbons (Fsp3) is 0.0769. The molecule has 0 atom stereocenters. The molecule has 0 unspecified atom stereocenters. The zero-order chi connectivity index (χ0) is 24.6. The number of ether oxygens (including phenoxy) is 1. The van der Waals surface area contributed by atoms with Crippen molar-refractivity contribution in [2.45, 2.75) is 13.2 Å². The summed E-state index contributed by atoms with van der Waals surface area (Å²) < 4.78 is 6.72. The van der Waals surface area contributed by atoms with Crippen LogP contribution in [0.3, 0.4) is 0 Å². The lowest BCUT2D eigenvalue weighted by molar-refractivity contribution is -0.122. The first kappa shape index (κ1) is 23.7. The number of hydrogen-bond acceptors (Lipinski definition) is 5. The van der Waals surface area contributed by atoms with Crippen LogP contribution in [0.1, 0.15) is 15.9 Å². The first-order valence-electron chi connectivity index (χ1n) is 10.7. The fourth-order valence-corrected chi connectivity index (χ4v) is 3.28. The molecule has 9 heteroatoms. The average molecular weight is 489 g/mol.